The predicted molar refractivity (Wildman–Crippen MR) is 77.1 cm³/mol. The maximum Gasteiger partial charge on any atom is 0.407 e. The summed E-state index contributed by atoms with van der Waals surface area (Å²) in [6, 6.07) is 9.94. The third-order valence-electron chi connectivity index (χ3n) is 4.60. The monoisotopic (exact) mass is 291 g/mol. The fourth-order valence-corrected chi connectivity index (χ4v) is 3.46. The van der Waals surface area contributed by atoms with E-state index in [4.69, 9.17) is 9.84 Å². The lowest BCUT2D eigenvalue weighted by molar-refractivity contribution is -0.182. The van der Waals surface area contributed by atoms with E-state index < -0.39 is 6.09 Å². The number of hydrogen-bond donors (Lipinski definition) is 2. The summed E-state index contributed by atoms with van der Waals surface area (Å²) < 4.78 is 6.32. The van der Waals surface area contributed by atoms with Crippen LogP contribution in [0.15, 0.2) is 30.3 Å². The Morgan fingerprint density at radius 2 is 1.90 bits per heavy atom. The lowest BCUT2D eigenvalue weighted by atomic mass is 9.81. The normalized spacial score (nSPS) is 28.5. The van der Waals surface area contributed by atoms with E-state index in [0.29, 0.717) is 38.8 Å². The van der Waals surface area contributed by atoms with Crippen molar-refractivity contribution in [3.8, 4) is 0 Å². The molecule has 0 bridgehead atoms. The van der Waals surface area contributed by atoms with Crippen LogP contribution in [0.3, 0.4) is 0 Å². The fraction of sp³-hybridized carbons (Fsp3) is 0.562. The van der Waals surface area contributed by atoms with Gasteiger partial charge in [0, 0.05) is 25.9 Å². The number of hydrogen-bond acceptors (Lipinski definition) is 3. The summed E-state index contributed by atoms with van der Waals surface area (Å²) in [6.07, 6.45) is 1.14. The number of nitrogens with zero attached hydrogens (tertiary/aromatic N) is 1. The van der Waals surface area contributed by atoms with Gasteiger partial charge in [0.1, 0.15) is 0 Å². The van der Waals surface area contributed by atoms with E-state index in [2.05, 4.69) is 0 Å². The van der Waals surface area contributed by atoms with Gasteiger partial charge in [-0.05, 0) is 18.4 Å². The molecule has 0 unspecified atom stereocenters. The molecular formula is C16H21NO4. The predicted octanol–water partition coefficient (Wildman–Crippen LogP) is 2.41. The number of piperidine rings is 1. The number of aliphatic hydroxyl groups excluding tert-OH is 1. The Morgan fingerprint density at radius 1 is 1.24 bits per heavy atom. The quantitative estimate of drug-likeness (QED) is 0.833. The average Bonchev–Trinajstić information content (AvgIpc) is 2.48. The summed E-state index contributed by atoms with van der Waals surface area (Å²) in [5.41, 5.74) is 0.695. The number of rotatable bonds is 1. The molecule has 0 aliphatic carbocycles. The molecule has 1 spiro atoms. The van der Waals surface area contributed by atoms with Gasteiger partial charge in [0.25, 0.3) is 0 Å². The number of ether oxygens (including phenoxy) is 1. The van der Waals surface area contributed by atoms with Crippen molar-refractivity contribution in [2.45, 2.75) is 43.5 Å². The number of carbonyl (C=O) groups is 1. The van der Waals surface area contributed by atoms with Gasteiger partial charge in [-0.2, -0.15) is 0 Å². The molecule has 2 N–H and O–H groups in total. The van der Waals surface area contributed by atoms with Crippen molar-refractivity contribution in [2.24, 2.45) is 0 Å². The summed E-state index contributed by atoms with van der Waals surface area (Å²) >= 11 is 0. The minimum Gasteiger partial charge on any atom is -0.465 e. The highest BCUT2D eigenvalue weighted by atomic mass is 16.5. The van der Waals surface area contributed by atoms with Crippen LogP contribution in [-0.4, -0.2) is 46.0 Å². The number of aliphatic hydroxyl groups is 1. The van der Waals surface area contributed by atoms with Crippen LogP contribution in [-0.2, 0) is 4.74 Å². The van der Waals surface area contributed by atoms with Gasteiger partial charge < -0.3 is 19.8 Å². The van der Waals surface area contributed by atoms with Crippen molar-refractivity contribution in [3.63, 3.8) is 0 Å². The summed E-state index contributed by atoms with van der Waals surface area (Å²) in [5, 5.41) is 19.3. The fourth-order valence-electron chi connectivity index (χ4n) is 3.46. The zero-order chi connectivity index (χ0) is 14.9. The molecule has 2 fully saturated rings. The van der Waals surface area contributed by atoms with Gasteiger partial charge in [-0.15, -0.1) is 0 Å². The molecule has 3 rings (SSSR count). The van der Waals surface area contributed by atoms with E-state index >= 15 is 0 Å². The van der Waals surface area contributed by atoms with Crippen molar-refractivity contribution < 1.29 is 19.7 Å². The second kappa shape index (κ2) is 5.66. The Labute approximate surface area is 124 Å². The molecule has 2 atom stereocenters. The van der Waals surface area contributed by atoms with Gasteiger partial charge >= 0.3 is 6.09 Å². The van der Waals surface area contributed by atoms with Gasteiger partial charge in [0.2, 0.25) is 0 Å². The zero-order valence-corrected chi connectivity index (χ0v) is 11.9. The molecule has 2 saturated heterocycles. The molecule has 1 aromatic carbocycles. The maximum atomic E-state index is 11.0. The molecular weight excluding hydrogens is 270 g/mol. The van der Waals surface area contributed by atoms with Crippen LogP contribution in [0.25, 0.3) is 0 Å². The number of likely N-dealkylation sites (tertiary alicyclic amines) is 1. The van der Waals surface area contributed by atoms with Gasteiger partial charge in [-0.3, -0.25) is 0 Å². The standard InChI is InChI=1S/C16H21NO4/c18-13-10-14(12-4-2-1-3-5-12)21-16(11-13)6-8-17(9-7-16)15(19)20/h1-5,13-14,18H,6-11H2,(H,19,20)/t13-,14-/m0/s1. The van der Waals surface area contributed by atoms with Crippen LogP contribution in [0, 0.1) is 0 Å². The first kappa shape index (κ1) is 14.4. The first-order valence-electron chi connectivity index (χ1n) is 7.47. The lowest BCUT2D eigenvalue weighted by Gasteiger charge is -2.47. The van der Waals surface area contributed by atoms with Crippen LogP contribution in [0.5, 0.6) is 0 Å². The molecule has 2 aliphatic heterocycles. The molecule has 0 saturated carbocycles. The Kier molecular flexibility index (Phi) is 3.87. The Hall–Kier alpha value is -1.59. The molecule has 2 aliphatic rings. The SMILES string of the molecule is O=C(O)N1CCC2(CC1)C[C@@H](O)C[C@@H](c1ccccc1)O2. The third-order valence-corrected chi connectivity index (χ3v) is 4.60. The van der Waals surface area contributed by atoms with E-state index in [1.54, 1.807) is 0 Å². The van der Waals surface area contributed by atoms with Crippen LogP contribution in [0.2, 0.25) is 0 Å². The molecule has 114 valence electrons. The highest BCUT2D eigenvalue weighted by molar-refractivity contribution is 5.65. The minimum absolute atomic E-state index is 0.105. The molecule has 21 heavy (non-hydrogen) atoms. The van der Waals surface area contributed by atoms with E-state index in [9.17, 15) is 9.90 Å². The zero-order valence-electron chi connectivity index (χ0n) is 11.9. The van der Waals surface area contributed by atoms with E-state index in [0.717, 1.165) is 5.56 Å². The second-order valence-electron chi connectivity index (χ2n) is 6.06. The van der Waals surface area contributed by atoms with Crippen LogP contribution in [0.1, 0.15) is 37.4 Å². The first-order valence-corrected chi connectivity index (χ1v) is 7.47. The van der Waals surface area contributed by atoms with Crippen molar-refractivity contribution in [3.05, 3.63) is 35.9 Å². The van der Waals surface area contributed by atoms with E-state index in [1.807, 2.05) is 30.3 Å². The average molecular weight is 291 g/mol. The molecule has 1 aromatic rings. The smallest absolute Gasteiger partial charge is 0.407 e. The topological polar surface area (TPSA) is 70.0 Å². The highest BCUT2D eigenvalue weighted by Gasteiger charge is 2.44. The van der Waals surface area contributed by atoms with Crippen molar-refractivity contribution in [1.82, 2.24) is 4.90 Å². The lowest BCUT2D eigenvalue weighted by Crippen LogP contribution is -2.52. The van der Waals surface area contributed by atoms with Crippen LogP contribution >= 0.6 is 0 Å². The Morgan fingerprint density at radius 3 is 2.52 bits per heavy atom. The van der Waals surface area contributed by atoms with E-state index in [-0.39, 0.29) is 17.8 Å². The summed E-state index contributed by atoms with van der Waals surface area (Å²) in [5.74, 6) is 0. The van der Waals surface area contributed by atoms with Gasteiger partial charge in [0.15, 0.2) is 0 Å². The third kappa shape index (κ3) is 3.04. The first-order chi connectivity index (χ1) is 10.1. The Bertz CT molecular complexity index is 496. The van der Waals surface area contributed by atoms with Crippen molar-refractivity contribution in [2.75, 3.05) is 13.1 Å². The summed E-state index contributed by atoms with van der Waals surface area (Å²) in [4.78, 5) is 12.4. The highest BCUT2D eigenvalue weighted by Crippen LogP contribution is 2.42. The minimum atomic E-state index is -0.874. The number of carboxylic acid groups (broad SMARTS) is 1. The number of amides is 1. The van der Waals surface area contributed by atoms with Crippen molar-refractivity contribution >= 4 is 6.09 Å². The molecule has 0 aromatic heterocycles. The molecule has 5 nitrogen and oxygen atoms in total. The molecule has 1 amide bonds. The van der Waals surface area contributed by atoms with Crippen LogP contribution < -0.4 is 0 Å². The van der Waals surface area contributed by atoms with E-state index in [1.165, 1.54) is 4.90 Å². The van der Waals surface area contributed by atoms with Crippen LogP contribution in [0.4, 0.5) is 4.79 Å². The largest absolute Gasteiger partial charge is 0.465 e. The Balaban J connectivity index is 1.73. The molecule has 2 heterocycles. The summed E-state index contributed by atoms with van der Waals surface area (Å²) in [6.45, 7) is 0.952. The van der Waals surface area contributed by atoms with Gasteiger partial charge in [-0.1, -0.05) is 30.3 Å². The molecule has 0 radical (unpaired) electrons. The van der Waals surface area contributed by atoms with Gasteiger partial charge in [-0.25, -0.2) is 4.79 Å². The van der Waals surface area contributed by atoms with Gasteiger partial charge in [0.05, 0.1) is 17.8 Å². The van der Waals surface area contributed by atoms with Crippen molar-refractivity contribution in [1.29, 1.82) is 0 Å². The summed E-state index contributed by atoms with van der Waals surface area (Å²) in [7, 11) is 0. The second-order valence-corrected chi connectivity index (χ2v) is 6.06. The molecule has 5 heteroatoms. The maximum absolute atomic E-state index is 11.0. The number of benzene rings is 1.